The molecule has 0 bridgehead atoms. The summed E-state index contributed by atoms with van der Waals surface area (Å²) in [4.78, 5) is 8.57. The molecule has 1 heterocycles. The second kappa shape index (κ2) is 15.3. The van der Waals surface area contributed by atoms with E-state index >= 15 is 0 Å². The van der Waals surface area contributed by atoms with Gasteiger partial charge in [-0.15, -0.1) is 0 Å². The molecule has 0 aliphatic rings. The molecule has 0 amide bonds. The molecule has 0 spiro atoms. The first-order valence-corrected chi connectivity index (χ1v) is 18.0. The molecule has 0 unspecified atom stereocenters. The number of aromatic amines is 1. The molecular weight excluding hydrogens is 540 g/mol. The van der Waals surface area contributed by atoms with Crippen molar-refractivity contribution in [2.75, 3.05) is 0 Å². The zero-order chi connectivity index (χ0) is 31.0. The molecule has 3 aromatic rings. The fraction of sp³-hybridized carbons (Fsp3) is 0.583. The maximum Gasteiger partial charge on any atom is 0.272 e. The molecule has 6 heteroatoms. The first-order valence-electron chi connectivity index (χ1n) is 16.4. The molecule has 0 saturated carbocycles. The Morgan fingerprint density at radius 2 is 0.952 bits per heavy atom. The highest BCUT2D eigenvalue weighted by atomic mass is 32.2. The van der Waals surface area contributed by atoms with E-state index in [1.807, 2.05) is 0 Å². The first kappa shape index (κ1) is 34.1. The number of rotatable bonds is 16. The number of imidazole rings is 1. The van der Waals surface area contributed by atoms with E-state index in [9.17, 15) is 13.0 Å². The number of hydrogen-bond donors (Lipinski definition) is 2. The van der Waals surface area contributed by atoms with Crippen LogP contribution in [0.3, 0.4) is 0 Å². The van der Waals surface area contributed by atoms with Gasteiger partial charge >= 0.3 is 0 Å². The molecule has 5 nitrogen and oxygen atoms in total. The largest absolute Gasteiger partial charge is 0.341 e. The summed E-state index contributed by atoms with van der Waals surface area (Å²) < 4.78 is 34.2. The van der Waals surface area contributed by atoms with Crippen LogP contribution in [0.25, 0.3) is 22.5 Å². The summed E-state index contributed by atoms with van der Waals surface area (Å²) in [7, 11) is -4.28. The van der Waals surface area contributed by atoms with Gasteiger partial charge in [0.05, 0.1) is 11.4 Å². The minimum absolute atomic E-state index is 0.284. The molecule has 0 aliphatic carbocycles. The predicted molar refractivity (Wildman–Crippen MR) is 178 cm³/mol. The Kier molecular flexibility index (Phi) is 12.4. The van der Waals surface area contributed by atoms with Gasteiger partial charge in [0.15, 0.2) is 0 Å². The maximum atomic E-state index is 12.2. The third kappa shape index (κ3) is 7.37. The van der Waals surface area contributed by atoms with Crippen LogP contribution in [0.15, 0.2) is 36.4 Å². The normalized spacial score (nSPS) is 12.4. The molecule has 232 valence electrons. The van der Waals surface area contributed by atoms with E-state index in [0.29, 0.717) is 23.7 Å². The Balaban J connectivity index is 2.58. The van der Waals surface area contributed by atoms with Gasteiger partial charge in [0.2, 0.25) is 0 Å². The Hall–Kier alpha value is -2.44. The van der Waals surface area contributed by atoms with Crippen molar-refractivity contribution in [3.8, 4) is 22.5 Å². The van der Waals surface area contributed by atoms with Crippen LogP contribution in [0.5, 0.6) is 0 Å². The summed E-state index contributed by atoms with van der Waals surface area (Å²) in [5, 5.41) is 0. The topological polar surface area (TPSA) is 83.1 Å². The van der Waals surface area contributed by atoms with Crippen molar-refractivity contribution in [3.63, 3.8) is 0 Å². The zero-order valence-corrected chi connectivity index (χ0v) is 28.1. The molecule has 3 rings (SSSR count). The van der Waals surface area contributed by atoms with Crippen LogP contribution in [0.4, 0.5) is 0 Å². The maximum absolute atomic E-state index is 12.2. The molecule has 0 atom stereocenters. The lowest BCUT2D eigenvalue weighted by atomic mass is 9.78. The number of nitrogens with zero attached hydrogens (tertiary/aromatic N) is 1. The van der Waals surface area contributed by atoms with E-state index in [4.69, 9.17) is 4.98 Å². The van der Waals surface area contributed by atoms with Gasteiger partial charge in [-0.3, -0.25) is 4.55 Å². The van der Waals surface area contributed by atoms with Gasteiger partial charge in [0.1, 0.15) is 11.6 Å². The average Bonchev–Trinajstić information content (AvgIpc) is 3.37. The number of nitrogens with one attached hydrogen (secondary N) is 1. The van der Waals surface area contributed by atoms with Crippen molar-refractivity contribution in [1.29, 1.82) is 0 Å². The molecule has 0 radical (unpaired) electrons. The third-order valence-electron chi connectivity index (χ3n) is 9.52. The standard InChI is InChI=1S/C36H54N2O3S/c1-9-24(10-2)28-19-17-20-29(25(11-3)12-4)33(28)35-36(38-32(37-35)23-42(39,40)41)34-30(26(13-5)14-6)21-18-22-31(34)27(15-7)16-8/h17-22,24-27H,9-16,23H2,1-8H3,(H,37,38)(H,39,40,41). The van der Waals surface area contributed by atoms with Gasteiger partial charge in [-0.25, -0.2) is 4.98 Å². The smallest absolute Gasteiger partial charge is 0.272 e. The molecule has 0 fully saturated rings. The van der Waals surface area contributed by atoms with Crippen molar-refractivity contribution in [3.05, 3.63) is 64.5 Å². The minimum Gasteiger partial charge on any atom is -0.341 e. The zero-order valence-electron chi connectivity index (χ0n) is 27.3. The van der Waals surface area contributed by atoms with Crippen LogP contribution < -0.4 is 0 Å². The highest BCUT2D eigenvalue weighted by molar-refractivity contribution is 7.84. The van der Waals surface area contributed by atoms with Crippen LogP contribution in [0.1, 0.15) is 159 Å². The third-order valence-corrected chi connectivity index (χ3v) is 10.2. The van der Waals surface area contributed by atoms with Crippen molar-refractivity contribution >= 4 is 10.1 Å². The van der Waals surface area contributed by atoms with Crippen LogP contribution in [-0.4, -0.2) is 22.9 Å². The quantitative estimate of drug-likeness (QED) is 0.162. The fourth-order valence-corrected chi connectivity index (χ4v) is 7.52. The van der Waals surface area contributed by atoms with Crippen molar-refractivity contribution in [2.24, 2.45) is 0 Å². The first-order chi connectivity index (χ1) is 20.1. The lowest BCUT2D eigenvalue weighted by Crippen LogP contribution is -2.08. The lowest BCUT2D eigenvalue weighted by Gasteiger charge is -2.27. The summed E-state index contributed by atoms with van der Waals surface area (Å²) in [6.45, 7) is 17.9. The van der Waals surface area contributed by atoms with Crippen molar-refractivity contribution in [2.45, 2.75) is 136 Å². The molecule has 2 N–H and O–H groups in total. The van der Waals surface area contributed by atoms with E-state index in [1.54, 1.807) is 0 Å². The summed E-state index contributed by atoms with van der Waals surface area (Å²) in [5.74, 6) is 1.19. The summed E-state index contributed by atoms with van der Waals surface area (Å²) >= 11 is 0. The predicted octanol–water partition coefficient (Wildman–Crippen LogP) is 10.7. The van der Waals surface area contributed by atoms with Gasteiger partial charge in [-0.1, -0.05) is 91.8 Å². The molecule has 2 aromatic carbocycles. The van der Waals surface area contributed by atoms with Crippen LogP contribution in [0, 0.1) is 0 Å². The second-order valence-electron chi connectivity index (χ2n) is 11.8. The lowest BCUT2D eigenvalue weighted by molar-refractivity contribution is 0.481. The molecular formula is C36H54N2O3S. The van der Waals surface area contributed by atoms with Gasteiger partial charge < -0.3 is 4.98 Å². The van der Waals surface area contributed by atoms with Crippen LogP contribution >= 0.6 is 0 Å². The molecule has 0 saturated heterocycles. The van der Waals surface area contributed by atoms with Gasteiger partial charge in [0.25, 0.3) is 10.1 Å². The molecule has 42 heavy (non-hydrogen) atoms. The number of aromatic nitrogens is 2. The van der Waals surface area contributed by atoms with E-state index in [0.717, 1.165) is 68.3 Å². The number of hydrogen-bond acceptors (Lipinski definition) is 3. The van der Waals surface area contributed by atoms with Gasteiger partial charge in [-0.2, -0.15) is 8.42 Å². The van der Waals surface area contributed by atoms with E-state index in [2.05, 4.69) is 96.8 Å². The Labute approximate surface area is 255 Å². The Morgan fingerprint density at radius 1 is 0.619 bits per heavy atom. The van der Waals surface area contributed by atoms with Crippen molar-refractivity contribution in [1.82, 2.24) is 9.97 Å². The van der Waals surface area contributed by atoms with E-state index in [1.165, 1.54) is 27.8 Å². The average molecular weight is 595 g/mol. The second-order valence-corrected chi connectivity index (χ2v) is 13.3. The number of benzene rings is 2. The van der Waals surface area contributed by atoms with Crippen LogP contribution in [-0.2, 0) is 15.9 Å². The van der Waals surface area contributed by atoms with Gasteiger partial charge in [-0.05, 0) is 97.3 Å². The minimum atomic E-state index is -4.28. The highest BCUT2D eigenvalue weighted by Crippen LogP contribution is 2.47. The van der Waals surface area contributed by atoms with Crippen molar-refractivity contribution < 1.29 is 13.0 Å². The van der Waals surface area contributed by atoms with E-state index in [-0.39, 0.29) is 5.82 Å². The van der Waals surface area contributed by atoms with E-state index < -0.39 is 15.9 Å². The summed E-state index contributed by atoms with van der Waals surface area (Å²) in [6.07, 6.45) is 8.10. The summed E-state index contributed by atoms with van der Waals surface area (Å²) in [6, 6.07) is 13.4. The SMILES string of the molecule is CCC(CC)c1cccc(C(CC)CC)c1-c1nc(CS(=O)(=O)O)[nH]c1-c1c(C(CC)CC)cccc1C(CC)CC. The van der Waals surface area contributed by atoms with Crippen LogP contribution in [0.2, 0.25) is 0 Å². The monoisotopic (exact) mass is 594 g/mol. The molecule has 0 aliphatic heterocycles. The Bertz CT molecular complexity index is 1240. The Morgan fingerprint density at radius 3 is 1.26 bits per heavy atom. The highest BCUT2D eigenvalue weighted by Gasteiger charge is 2.30. The fourth-order valence-electron chi connectivity index (χ4n) is 7.04. The molecule has 1 aromatic heterocycles. The summed E-state index contributed by atoms with van der Waals surface area (Å²) in [5.41, 5.74) is 9.15. The van der Waals surface area contributed by atoms with Gasteiger partial charge in [0, 0.05) is 11.1 Å². The number of H-pyrrole nitrogens is 1.